The van der Waals surface area contributed by atoms with E-state index in [0.29, 0.717) is 12.2 Å². The monoisotopic (exact) mass is 393 g/mol. The van der Waals surface area contributed by atoms with Crippen LogP contribution in [0.4, 0.5) is 0 Å². The number of aromatic nitrogens is 2. The minimum Gasteiger partial charge on any atom is -0.858 e. The third-order valence-corrected chi connectivity index (χ3v) is 5.37. The van der Waals surface area contributed by atoms with Gasteiger partial charge in [0, 0.05) is 12.6 Å². The number of aliphatic hydroxyl groups is 1. The van der Waals surface area contributed by atoms with Crippen molar-refractivity contribution in [3.63, 3.8) is 0 Å². The van der Waals surface area contributed by atoms with Crippen molar-refractivity contribution < 1.29 is 28.9 Å². The molecule has 4 atom stereocenters. The standard InChI is InChI=1S/C14H23N2O7PS/c1-3-4-5-21-24(20,25)22-8-11-10(17)6-12(23-11)16-7-9(2)13(18)15-14(16)19/h7,10-12,17H,3-6,8H2,1-2H3,(H,20,25)(H,15,18,19)/p-1/t10-,11+,12+,24?/m0/s1. The fraction of sp³-hybridized carbons (Fsp3) is 0.714. The highest BCUT2D eigenvalue weighted by molar-refractivity contribution is 8.35. The summed E-state index contributed by atoms with van der Waals surface area (Å²) in [6, 6.07) is 0. The fourth-order valence-electron chi connectivity index (χ4n) is 2.32. The Hall–Kier alpha value is -0.740. The van der Waals surface area contributed by atoms with Gasteiger partial charge in [-0.05, 0) is 24.8 Å². The van der Waals surface area contributed by atoms with E-state index in [1.54, 1.807) is 0 Å². The van der Waals surface area contributed by atoms with Crippen LogP contribution in [0.15, 0.2) is 11.0 Å². The number of aryl methyl sites for hydroxylation is 1. The highest BCUT2D eigenvalue weighted by atomic mass is 32.7. The molecule has 1 fully saturated rings. The first-order valence-electron chi connectivity index (χ1n) is 7.95. The largest absolute Gasteiger partial charge is 0.858 e. The van der Waals surface area contributed by atoms with Gasteiger partial charge in [-0.25, -0.2) is 14.7 Å². The first-order chi connectivity index (χ1) is 11.7. The summed E-state index contributed by atoms with van der Waals surface area (Å²) in [7, 11) is -3.40. The van der Waals surface area contributed by atoms with Gasteiger partial charge >= 0.3 is 5.69 Å². The molecule has 0 aromatic carbocycles. The van der Waals surface area contributed by atoms with E-state index in [-0.39, 0.29) is 13.0 Å². The molecule has 11 heteroatoms. The third kappa shape index (κ3) is 5.62. The van der Waals surface area contributed by atoms with Crippen LogP contribution in [0.3, 0.4) is 0 Å². The summed E-state index contributed by atoms with van der Waals surface area (Å²) in [5, 5.41) is 21.5. The zero-order valence-electron chi connectivity index (χ0n) is 14.0. The SMILES string of the molecule is CCCCO[P+](O)([S-])OC[C@H]1O[C@@H](n2cc(C)c([O-])nc2=O)C[C@@H]1O. The van der Waals surface area contributed by atoms with E-state index in [9.17, 15) is 19.9 Å². The average Bonchev–Trinajstić information content (AvgIpc) is 2.90. The molecule has 2 heterocycles. The second kappa shape index (κ2) is 8.77. The second-order valence-electron chi connectivity index (χ2n) is 5.80. The first kappa shape index (κ1) is 20.6. The average molecular weight is 393 g/mol. The maximum Gasteiger partial charge on any atom is 0.349 e. The smallest absolute Gasteiger partial charge is 0.349 e. The molecule has 1 aliphatic rings. The summed E-state index contributed by atoms with van der Waals surface area (Å²) >= 11 is 4.89. The Labute approximate surface area is 151 Å². The molecule has 1 aliphatic heterocycles. The van der Waals surface area contributed by atoms with Crippen molar-refractivity contribution in [1.29, 1.82) is 0 Å². The zero-order chi connectivity index (χ0) is 18.6. The van der Waals surface area contributed by atoms with Crippen LogP contribution in [0.1, 0.15) is 38.0 Å². The van der Waals surface area contributed by atoms with Crippen LogP contribution in [-0.2, 0) is 26.0 Å². The zero-order valence-corrected chi connectivity index (χ0v) is 15.7. The molecule has 1 aromatic heterocycles. The number of unbranched alkanes of at least 4 members (excludes halogenated alkanes) is 1. The number of hydrogen-bond acceptors (Lipinski definition) is 9. The summed E-state index contributed by atoms with van der Waals surface area (Å²) in [6.45, 7) is 3.64. The van der Waals surface area contributed by atoms with Gasteiger partial charge in [0.2, 0.25) is 0 Å². The molecular formula is C14H22N2O7PS-. The summed E-state index contributed by atoms with van der Waals surface area (Å²) in [6.07, 6.45) is 0.633. The molecular weight excluding hydrogens is 371 g/mol. The van der Waals surface area contributed by atoms with E-state index >= 15 is 0 Å². The topological polar surface area (TPSA) is 126 Å². The Morgan fingerprint density at radius 1 is 1.56 bits per heavy atom. The Morgan fingerprint density at radius 3 is 2.96 bits per heavy atom. The molecule has 2 rings (SSSR count). The lowest BCUT2D eigenvalue weighted by Gasteiger charge is -2.23. The van der Waals surface area contributed by atoms with Crippen molar-refractivity contribution in [2.45, 2.75) is 51.5 Å². The predicted molar refractivity (Wildman–Crippen MR) is 90.5 cm³/mol. The summed E-state index contributed by atoms with van der Waals surface area (Å²) in [4.78, 5) is 25.2. The van der Waals surface area contributed by atoms with Gasteiger partial charge in [-0.3, -0.25) is 4.57 Å². The molecule has 0 spiro atoms. The Bertz CT molecular complexity index is 642. The second-order valence-corrected chi connectivity index (χ2v) is 8.64. The van der Waals surface area contributed by atoms with E-state index in [2.05, 4.69) is 4.98 Å². The maximum absolute atomic E-state index is 11.8. The van der Waals surface area contributed by atoms with Gasteiger partial charge in [-0.1, -0.05) is 13.3 Å². The molecule has 0 aliphatic carbocycles. The lowest BCUT2D eigenvalue weighted by molar-refractivity contribution is -0.276. The van der Waals surface area contributed by atoms with E-state index in [0.717, 1.165) is 17.4 Å². The third-order valence-electron chi connectivity index (χ3n) is 3.76. The lowest BCUT2D eigenvalue weighted by atomic mass is 10.2. The Kier molecular flexibility index (Phi) is 7.21. The molecule has 0 amide bonds. The van der Waals surface area contributed by atoms with Gasteiger partial charge in [-0.15, -0.1) is 0 Å². The molecule has 1 aromatic rings. The van der Waals surface area contributed by atoms with Crippen LogP contribution in [0, 0.1) is 6.92 Å². The molecule has 2 N–H and O–H groups in total. The normalized spacial score (nSPS) is 25.9. The van der Waals surface area contributed by atoms with Crippen LogP contribution in [0.5, 0.6) is 5.88 Å². The number of hydrogen-bond donors (Lipinski definition) is 2. The Morgan fingerprint density at radius 2 is 2.28 bits per heavy atom. The van der Waals surface area contributed by atoms with Gasteiger partial charge < -0.3 is 27.2 Å². The van der Waals surface area contributed by atoms with Crippen molar-refractivity contribution in [1.82, 2.24) is 9.55 Å². The van der Waals surface area contributed by atoms with Crippen LogP contribution in [0.2, 0.25) is 0 Å². The number of aliphatic hydroxyl groups excluding tert-OH is 1. The van der Waals surface area contributed by atoms with Gasteiger partial charge in [0.1, 0.15) is 18.9 Å². The van der Waals surface area contributed by atoms with E-state index in [1.165, 1.54) is 13.1 Å². The van der Waals surface area contributed by atoms with Crippen molar-refractivity contribution in [3.8, 4) is 5.88 Å². The lowest BCUT2D eigenvalue weighted by Crippen LogP contribution is -2.29. The summed E-state index contributed by atoms with van der Waals surface area (Å²) < 4.78 is 17.1. The molecule has 1 unspecified atom stereocenters. The van der Waals surface area contributed by atoms with Crippen LogP contribution in [0.25, 0.3) is 0 Å². The molecule has 9 nitrogen and oxygen atoms in total. The quantitative estimate of drug-likeness (QED) is 0.365. The van der Waals surface area contributed by atoms with E-state index in [1.807, 2.05) is 6.92 Å². The minimum absolute atomic E-state index is 0.123. The van der Waals surface area contributed by atoms with Crippen LogP contribution < -0.4 is 10.8 Å². The molecule has 0 saturated carbocycles. The van der Waals surface area contributed by atoms with Crippen molar-refractivity contribution >= 4 is 19.4 Å². The van der Waals surface area contributed by atoms with Gasteiger partial charge in [0.15, 0.2) is 0 Å². The minimum atomic E-state index is -3.40. The fourth-order valence-corrected chi connectivity index (χ4v) is 3.50. The highest BCUT2D eigenvalue weighted by Gasteiger charge is 2.38. The maximum atomic E-state index is 11.8. The van der Waals surface area contributed by atoms with Gasteiger partial charge in [0.25, 0.3) is 7.15 Å². The van der Waals surface area contributed by atoms with Crippen molar-refractivity contribution in [3.05, 3.63) is 22.2 Å². The van der Waals surface area contributed by atoms with Crippen LogP contribution >= 0.6 is 7.15 Å². The van der Waals surface area contributed by atoms with Crippen molar-refractivity contribution in [2.24, 2.45) is 0 Å². The molecule has 0 radical (unpaired) electrons. The highest BCUT2D eigenvalue weighted by Crippen LogP contribution is 2.55. The van der Waals surface area contributed by atoms with Gasteiger partial charge in [-0.2, -0.15) is 9.05 Å². The number of nitrogens with zero attached hydrogens (tertiary/aromatic N) is 2. The van der Waals surface area contributed by atoms with E-state index in [4.69, 9.17) is 26.0 Å². The summed E-state index contributed by atoms with van der Waals surface area (Å²) in [5.41, 5.74) is -0.447. The molecule has 25 heavy (non-hydrogen) atoms. The number of ether oxygens (including phenoxy) is 1. The Balaban J connectivity index is 1.95. The van der Waals surface area contributed by atoms with E-state index < -0.39 is 37.2 Å². The molecule has 1 saturated heterocycles. The van der Waals surface area contributed by atoms with Crippen LogP contribution in [-0.4, -0.2) is 45.0 Å². The predicted octanol–water partition coefficient (Wildman–Crippen LogP) is 0.324. The van der Waals surface area contributed by atoms with Crippen molar-refractivity contribution in [2.75, 3.05) is 13.2 Å². The molecule has 142 valence electrons. The number of rotatable bonds is 8. The summed E-state index contributed by atoms with van der Waals surface area (Å²) in [5.74, 6) is -0.593. The first-order valence-corrected chi connectivity index (χ1v) is 10.5. The molecule has 0 bridgehead atoms. The van der Waals surface area contributed by atoms with Gasteiger partial charge in [0.05, 0.1) is 12.7 Å².